The van der Waals surface area contributed by atoms with Crippen LogP contribution >= 0.6 is 0 Å². The first-order chi connectivity index (χ1) is 13.6. The van der Waals surface area contributed by atoms with Crippen molar-refractivity contribution in [3.8, 4) is 5.75 Å². The molecule has 2 aliphatic rings. The number of benzene rings is 1. The number of imide groups is 1. The molecule has 6 heteroatoms. The van der Waals surface area contributed by atoms with Gasteiger partial charge in [0.1, 0.15) is 5.75 Å². The first kappa shape index (κ1) is 20.5. The molecule has 2 atom stereocenters. The fourth-order valence-corrected chi connectivity index (χ4v) is 4.13. The maximum absolute atomic E-state index is 12.6. The van der Waals surface area contributed by atoms with Gasteiger partial charge in [0.2, 0.25) is 11.8 Å². The highest BCUT2D eigenvalue weighted by molar-refractivity contribution is 5.99. The van der Waals surface area contributed by atoms with Crippen LogP contribution in [0.25, 0.3) is 0 Å². The fourth-order valence-electron chi connectivity index (χ4n) is 4.13. The summed E-state index contributed by atoms with van der Waals surface area (Å²) < 4.78 is 5.94. The van der Waals surface area contributed by atoms with E-state index in [0.29, 0.717) is 32.3 Å². The third-order valence-electron chi connectivity index (χ3n) is 5.74. The Kier molecular flexibility index (Phi) is 7.20. The van der Waals surface area contributed by atoms with Gasteiger partial charge in [-0.05, 0) is 56.9 Å². The molecule has 0 aromatic heterocycles. The zero-order valence-electron chi connectivity index (χ0n) is 16.2. The number of ketones is 1. The quantitative estimate of drug-likeness (QED) is 0.502. The molecule has 1 heterocycles. The van der Waals surface area contributed by atoms with Gasteiger partial charge < -0.3 is 9.84 Å². The van der Waals surface area contributed by atoms with Crippen LogP contribution in [0.4, 0.5) is 0 Å². The normalized spacial score (nSPS) is 22.0. The summed E-state index contributed by atoms with van der Waals surface area (Å²) in [5.74, 6) is 0.618. The highest BCUT2D eigenvalue weighted by Crippen LogP contribution is 2.35. The molecule has 1 fully saturated rings. The van der Waals surface area contributed by atoms with E-state index in [1.54, 1.807) is 0 Å². The van der Waals surface area contributed by atoms with E-state index in [4.69, 9.17) is 9.84 Å². The predicted octanol–water partition coefficient (Wildman–Crippen LogP) is 2.81. The molecule has 0 saturated carbocycles. The number of hydrogen-bond acceptors (Lipinski definition) is 5. The smallest absolute Gasteiger partial charge is 0.229 e. The second-order valence-electron chi connectivity index (χ2n) is 7.84. The standard InChI is InChI=1S/C22H29NO5/c24-11-2-1-3-12-28-20-6-4-5-17-18(20)13-15(14-19(17)25)7-8-16-9-10-21(26)23-22(16)27/h4-6,15-16,24H,1-3,7-14H2,(H,23,26,27). The van der Waals surface area contributed by atoms with E-state index in [-0.39, 0.29) is 36.0 Å². The number of aliphatic hydroxyl groups is 1. The molecular formula is C22H29NO5. The van der Waals surface area contributed by atoms with Crippen molar-refractivity contribution < 1.29 is 24.2 Å². The van der Waals surface area contributed by atoms with E-state index in [9.17, 15) is 14.4 Å². The number of aliphatic hydroxyl groups excluding tert-OH is 1. The number of unbranched alkanes of at least 4 members (excludes halogenated alkanes) is 2. The van der Waals surface area contributed by atoms with Crippen LogP contribution in [0.15, 0.2) is 18.2 Å². The Balaban J connectivity index is 1.58. The zero-order valence-corrected chi connectivity index (χ0v) is 16.2. The van der Waals surface area contributed by atoms with Crippen molar-refractivity contribution in [2.24, 2.45) is 11.8 Å². The molecule has 28 heavy (non-hydrogen) atoms. The summed E-state index contributed by atoms with van der Waals surface area (Å²) in [7, 11) is 0. The summed E-state index contributed by atoms with van der Waals surface area (Å²) in [4.78, 5) is 35.9. The number of nitrogens with one attached hydrogen (secondary N) is 1. The molecule has 6 nitrogen and oxygen atoms in total. The summed E-state index contributed by atoms with van der Waals surface area (Å²) in [6.07, 6.45) is 6.34. The Labute approximate surface area is 165 Å². The molecule has 0 spiro atoms. The number of carbonyl (C=O) groups excluding carboxylic acids is 3. The van der Waals surface area contributed by atoms with Crippen LogP contribution in [0.2, 0.25) is 0 Å². The average Bonchev–Trinajstić information content (AvgIpc) is 2.67. The summed E-state index contributed by atoms with van der Waals surface area (Å²) >= 11 is 0. The SMILES string of the molecule is O=C1CCC(CCC2CC(=O)c3cccc(OCCCCCO)c3C2)C(=O)N1. The van der Waals surface area contributed by atoms with E-state index in [0.717, 1.165) is 49.0 Å². The van der Waals surface area contributed by atoms with E-state index < -0.39 is 0 Å². The Bertz CT molecular complexity index is 730. The molecule has 0 radical (unpaired) electrons. The van der Waals surface area contributed by atoms with Crippen molar-refractivity contribution in [2.45, 2.75) is 57.8 Å². The number of Topliss-reactive ketones (excluding diaryl/α,β-unsaturated/α-hetero) is 1. The lowest BCUT2D eigenvalue weighted by Crippen LogP contribution is -2.40. The van der Waals surface area contributed by atoms with Crippen molar-refractivity contribution in [3.05, 3.63) is 29.3 Å². The summed E-state index contributed by atoms with van der Waals surface area (Å²) in [6, 6.07) is 5.65. The molecule has 152 valence electrons. The molecule has 2 amide bonds. The molecule has 1 aromatic carbocycles. The Hall–Kier alpha value is -2.21. The van der Waals surface area contributed by atoms with Gasteiger partial charge in [-0.15, -0.1) is 0 Å². The predicted molar refractivity (Wildman–Crippen MR) is 104 cm³/mol. The molecular weight excluding hydrogens is 358 g/mol. The van der Waals surface area contributed by atoms with E-state index >= 15 is 0 Å². The highest BCUT2D eigenvalue weighted by Gasteiger charge is 2.31. The van der Waals surface area contributed by atoms with Crippen LogP contribution in [0, 0.1) is 11.8 Å². The topological polar surface area (TPSA) is 92.7 Å². The van der Waals surface area contributed by atoms with E-state index in [2.05, 4.69) is 5.32 Å². The number of rotatable bonds is 9. The monoisotopic (exact) mass is 387 g/mol. The van der Waals surface area contributed by atoms with Gasteiger partial charge in [0.25, 0.3) is 0 Å². The number of carbonyl (C=O) groups is 3. The van der Waals surface area contributed by atoms with Crippen molar-refractivity contribution in [1.82, 2.24) is 5.32 Å². The van der Waals surface area contributed by atoms with Gasteiger partial charge >= 0.3 is 0 Å². The van der Waals surface area contributed by atoms with Crippen LogP contribution < -0.4 is 10.1 Å². The van der Waals surface area contributed by atoms with Gasteiger partial charge in [0, 0.05) is 36.5 Å². The lowest BCUT2D eigenvalue weighted by Gasteiger charge is -2.27. The first-order valence-corrected chi connectivity index (χ1v) is 10.3. The number of hydrogen-bond donors (Lipinski definition) is 2. The third kappa shape index (κ3) is 5.19. The maximum Gasteiger partial charge on any atom is 0.229 e. The molecule has 2 unspecified atom stereocenters. The van der Waals surface area contributed by atoms with Crippen LogP contribution in [0.5, 0.6) is 5.75 Å². The van der Waals surface area contributed by atoms with Crippen molar-refractivity contribution in [1.29, 1.82) is 0 Å². The van der Waals surface area contributed by atoms with Gasteiger partial charge in [-0.25, -0.2) is 0 Å². The molecule has 0 bridgehead atoms. The number of ether oxygens (including phenoxy) is 1. The Morgan fingerprint density at radius 3 is 2.71 bits per heavy atom. The average molecular weight is 387 g/mol. The van der Waals surface area contributed by atoms with Crippen molar-refractivity contribution in [2.75, 3.05) is 13.2 Å². The van der Waals surface area contributed by atoms with Crippen LogP contribution in [-0.4, -0.2) is 35.9 Å². The van der Waals surface area contributed by atoms with Gasteiger partial charge in [-0.2, -0.15) is 0 Å². The minimum atomic E-state index is -0.191. The number of piperidine rings is 1. The fraction of sp³-hybridized carbons (Fsp3) is 0.591. The maximum atomic E-state index is 12.6. The third-order valence-corrected chi connectivity index (χ3v) is 5.74. The Morgan fingerprint density at radius 2 is 1.93 bits per heavy atom. The largest absolute Gasteiger partial charge is 0.493 e. The molecule has 1 aliphatic heterocycles. The number of amides is 2. The second kappa shape index (κ2) is 9.82. The molecule has 1 aliphatic carbocycles. The van der Waals surface area contributed by atoms with E-state index in [1.807, 2.05) is 18.2 Å². The highest BCUT2D eigenvalue weighted by atomic mass is 16.5. The minimum absolute atomic E-state index is 0.132. The molecule has 3 rings (SSSR count). The van der Waals surface area contributed by atoms with Gasteiger partial charge in [-0.3, -0.25) is 19.7 Å². The zero-order chi connectivity index (χ0) is 19.9. The molecule has 2 N–H and O–H groups in total. The first-order valence-electron chi connectivity index (χ1n) is 10.3. The van der Waals surface area contributed by atoms with Crippen LogP contribution in [0.3, 0.4) is 0 Å². The van der Waals surface area contributed by atoms with Crippen LogP contribution in [0.1, 0.15) is 67.3 Å². The molecule has 1 aromatic rings. The van der Waals surface area contributed by atoms with Crippen LogP contribution in [-0.2, 0) is 16.0 Å². The van der Waals surface area contributed by atoms with Crippen molar-refractivity contribution in [3.63, 3.8) is 0 Å². The lowest BCUT2D eigenvalue weighted by molar-refractivity contribution is -0.136. The summed E-state index contributed by atoms with van der Waals surface area (Å²) in [5, 5.41) is 11.3. The lowest BCUT2D eigenvalue weighted by atomic mass is 9.78. The molecule has 1 saturated heterocycles. The van der Waals surface area contributed by atoms with E-state index in [1.165, 1.54) is 0 Å². The Morgan fingerprint density at radius 1 is 1.07 bits per heavy atom. The number of fused-ring (bicyclic) bond motifs is 1. The summed E-state index contributed by atoms with van der Waals surface area (Å²) in [6.45, 7) is 0.773. The van der Waals surface area contributed by atoms with Gasteiger partial charge in [-0.1, -0.05) is 12.1 Å². The second-order valence-corrected chi connectivity index (χ2v) is 7.84. The van der Waals surface area contributed by atoms with Crippen molar-refractivity contribution >= 4 is 17.6 Å². The summed E-state index contributed by atoms with van der Waals surface area (Å²) in [5.41, 5.74) is 1.74. The van der Waals surface area contributed by atoms with Gasteiger partial charge in [0.15, 0.2) is 5.78 Å². The van der Waals surface area contributed by atoms with Gasteiger partial charge in [0.05, 0.1) is 6.61 Å². The minimum Gasteiger partial charge on any atom is -0.493 e.